The van der Waals surface area contributed by atoms with Crippen molar-refractivity contribution in [1.29, 1.82) is 0 Å². The number of carbonyl (C=O) groups excluding carboxylic acids is 2. The molecule has 0 aliphatic carbocycles. The number of aryl methyl sites for hydroxylation is 2. The number of aldehydes is 1. The third-order valence-corrected chi connectivity index (χ3v) is 5.10. The first-order chi connectivity index (χ1) is 13.5. The third-order valence-electron chi connectivity index (χ3n) is 5.10. The highest BCUT2D eigenvalue weighted by atomic mass is 16.5. The summed E-state index contributed by atoms with van der Waals surface area (Å²) in [5, 5.41) is 0. The number of nitrogens with zero attached hydrogens (tertiary/aromatic N) is 2. The van der Waals surface area contributed by atoms with Gasteiger partial charge in [-0.1, -0.05) is 12.1 Å². The summed E-state index contributed by atoms with van der Waals surface area (Å²) in [6.07, 6.45) is 0.893. The van der Waals surface area contributed by atoms with Crippen LogP contribution >= 0.6 is 0 Å². The van der Waals surface area contributed by atoms with Gasteiger partial charge in [-0.05, 0) is 49.2 Å². The monoisotopic (exact) mass is 382 g/mol. The summed E-state index contributed by atoms with van der Waals surface area (Å²) in [5.74, 6) is 1.15. The lowest BCUT2D eigenvalue weighted by Gasteiger charge is -2.37. The van der Waals surface area contributed by atoms with E-state index in [0.717, 1.165) is 41.8 Å². The molecule has 0 saturated carbocycles. The maximum Gasteiger partial charge on any atom is 0.260 e. The Bertz CT molecular complexity index is 858. The summed E-state index contributed by atoms with van der Waals surface area (Å²) in [7, 11) is 1.58. The molecule has 0 unspecified atom stereocenters. The first-order valence-electron chi connectivity index (χ1n) is 9.38. The maximum absolute atomic E-state index is 12.5. The van der Waals surface area contributed by atoms with Crippen LogP contribution in [0.1, 0.15) is 21.5 Å². The van der Waals surface area contributed by atoms with Crippen molar-refractivity contribution < 1.29 is 19.1 Å². The predicted octanol–water partition coefficient (Wildman–Crippen LogP) is 2.85. The SMILES string of the molecule is COc1ccccc1OCC(=O)N1CCN(c2cc(C)c(C=O)cc2C)CC1. The van der Waals surface area contributed by atoms with Crippen molar-refractivity contribution in [3.05, 3.63) is 53.1 Å². The zero-order valence-corrected chi connectivity index (χ0v) is 16.6. The van der Waals surface area contributed by atoms with Crippen LogP contribution in [-0.2, 0) is 4.79 Å². The number of benzene rings is 2. The van der Waals surface area contributed by atoms with Gasteiger partial charge in [-0.3, -0.25) is 9.59 Å². The van der Waals surface area contributed by atoms with E-state index in [1.165, 1.54) is 0 Å². The fraction of sp³-hybridized carbons (Fsp3) is 0.364. The van der Waals surface area contributed by atoms with E-state index < -0.39 is 0 Å². The lowest BCUT2D eigenvalue weighted by atomic mass is 10.0. The number of piperazine rings is 1. The van der Waals surface area contributed by atoms with Crippen molar-refractivity contribution in [2.45, 2.75) is 13.8 Å². The Morgan fingerprint density at radius 2 is 1.71 bits per heavy atom. The van der Waals surface area contributed by atoms with Crippen molar-refractivity contribution in [2.24, 2.45) is 0 Å². The van der Waals surface area contributed by atoms with Crippen molar-refractivity contribution in [2.75, 3.05) is 44.8 Å². The molecule has 6 nitrogen and oxygen atoms in total. The first-order valence-corrected chi connectivity index (χ1v) is 9.38. The number of ether oxygens (including phenoxy) is 2. The van der Waals surface area contributed by atoms with Crippen LogP contribution < -0.4 is 14.4 Å². The average molecular weight is 382 g/mol. The fourth-order valence-corrected chi connectivity index (χ4v) is 3.46. The molecule has 0 atom stereocenters. The molecule has 1 saturated heterocycles. The van der Waals surface area contributed by atoms with Crippen LogP contribution in [-0.4, -0.2) is 57.0 Å². The van der Waals surface area contributed by atoms with Gasteiger partial charge >= 0.3 is 0 Å². The van der Waals surface area contributed by atoms with Gasteiger partial charge in [-0.25, -0.2) is 0 Å². The van der Waals surface area contributed by atoms with Crippen LogP contribution in [0.2, 0.25) is 0 Å². The van der Waals surface area contributed by atoms with Crippen molar-refractivity contribution in [1.82, 2.24) is 4.90 Å². The molecular formula is C22H26N2O4. The molecule has 0 bridgehead atoms. The standard InChI is InChI=1S/C22H26N2O4/c1-16-13-19(17(2)12-18(16)14-25)23-8-10-24(11-9-23)22(26)15-28-21-7-5-4-6-20(21)27-3/h4-7,12-14H,8-11,15H2,1-3H3. The largest absolute Gasteiger partial charge is 0.493 e. The van der Waals surface area contributed by atoms with Crippen LogP contribution in [0.4, 0.5) is 5.69 Å². The molecule has 0 spiro atoms. The summed E-state index contributed by atoms with van der Waals surface area (Å²) >= 11 is 0. The number of anilines is 1. The second kappa shape index (κ2) is 8.78. The van der Waals surface area contributed by atoms with Gasteiger partial charge in [0.1, 0.15) is 6.29 Å². The number of amides is 1. The van der Waals surface area contributed by atoms with E-state index >= 15 is 0 Å². The molecule has 1 amide bonds. The van der Waals surface area contributed by atoms with E-state index in [2.05, 4.69) is 11.0 Å². The van der Waals surface area contributed by atoms with Gasteiger partial charge in [0.2, 0.25) is 0 Å². The average Bonchev–Trinajstić information content (AvgIpc) is 2.73. The Labute approximate surface area is 165 Å². The Morgan fingerprint density at radius 1 is 1.04 bits per heavy atom. The molecule has 1 aliphatic heterocycles. The van der Waals surface area contributed by atoms with E-state index in [-0.39, 0.29) is 12.5 Å². The van der Waals surface area contributed by atoms with Crippen molar-refractivity contribution in [3.8, 4) is 11.5 Å². The van der Waals surface area contributed by atoms with Gasteiger partial charge in [0.05, 0.1) is 7.11 Å². The number of rotatable bonds is 6. The zero-order valence-electron chi connectivity index (χ0n) is 16.6. The van der Waals surface area contributed by atoms with E-state index in [1.807, 2.05) is 36.9 Å². The van der Waals surface area contributed by atoms with Gasteiger partial charge in [0, 0.05) is 37.4 Å². The first kappa shape index (κ1) is 19.7. The van der Waals surface area contributed by atoms with Crippen LogP contribution in [0, 0.1) is 13.8 Å². The molecule has 1 aliphatic rings. The topological polar surface area (TPSA) is 59.1 Å². The molecular weight excluding hydrogens is 356 g/mol. The fourth-order valence-electron chi connectivity index (χ4n) is 3.46. The highest BCUT2D eigenvalue weighted by molar-refractivity contribution is 5.80. The lowest BCUT2D eigenvalue weighted by Crippen LogP contribution is -2.50. The molecule has 1 fully saturated rings. The normalized spacial score (nSPS) is 14.0. The molecule has 3 rings (SSSR count). The number of methoxy groups -OCH3 is 1. The smallest absolute Gasteiger partial charge is 0.260 e. The number of hydrogen-bond acceptors (Lipinski definition) is 5. The van der Waals surface area contributed by atoms with Crippen LogP contribution in [0.15, 0.2) is 36.4 Å². The van der Waals surface area contributed by atoms with Crippen molar-refractivity contribution in [3.63, 3.8) is 0 Å². The maximum atomic E-state index is 12.5. The third kappa shape index (κ3) is 4.27. The Balaban J connectivity index is 1.57. The van der Waals surface area contributed by atoms with Gasteiger partial charge in [-0.15, -0.1) is 0 Å². The van der Waals surface area contributed by atoms with Crippen LogP contribution in [0.5, 0.6) is 11.5 Å². The molecule has 0 radical (unpaired) electrons. The minimum Gasteiger partial charge on any atom is -0.493 e. The van der Waals surface area contributed by atoms with E-state index in [1.54, 1.807) is 19.2 Å². The highest BCUT2D eigenvalue weighted by Gasteiger charge is 2.23. The molecule has 148 valence electrons. The summed E-state index contributed by atoms with van der Waals surface area (Å²) in [4.78, 5) is 27.7. The Hall–Kier alpha value is -3.02. The quantitative estimate of drug-likeness (QED) is 0.719. The van der Waals surface area contributed by atoms with Gasteiger partial charge in [-0.2, -0.15) is 0 Å². The molecule has 0 aromatic heterocycles. The second-order valence-corrected chi connectivity index (χ2v) is 6.92. The molecule has 1 heterocycles. The number of carbonyl (C=O) groups is 2. The van der Waals surface area contributed by atoms with E-state index in [0.29, 0.717) is 24.6 Å². The minimum atomic E-state index is -0.0326. The molecule has 2 aromatic carbocycles. The summed E-state index contributed by atoms with van der Waals surface area (Å²) in [6, 6.07) is 11.3. The molecule has 6 heteroatoms. The van der Waals surface area contributed by atoms with E-state index in [9.17, 15) is 9.59 Å². The summed E-state index contributed by atoms with van der Waals surface area (Å²) in [5.41, 5.74) is 3.90. The Kier molecular flexibility index (Phi) is 6.19. The molecule has 2 aromatic rings. The number of hydrogen-bond donors (Lipinski definition) is 0. The Morgan fingerprint density at radius 3 is 2.36 bits per heavy atom. The number of para-hydroxylation sites is 2. The zero-order chi connectivity index (χ0) is 20.1. The van der Waals surface area contributed by atoms with Crippen LogP contribution in [0.25, 0.3) is 0 Å². The molecule has 28 heavy (non-hydrogen) atoms. The minimum absolute atomic E-state index is 0.00740. The molecule has 0 N–H and O–H groups in total. The van der Waals surface area contributed by atoms with Crippen LogP contribution in [0.3, 0.4) is 0 Å². The van der Waals surface area contributed by atoms with Gasteiger partial charge in [0.15, 0.2) is 18.1 Å². The van der Waals surface area contributed by atoms with Gasteiger partial charge in [0.25, 0.3) is 5.91 Å². The lowest BCUT2D eigenvalue weighted by molar-refractivity contribution is -0.133. The summed E-state index contributed by atoms with van der Waals surface area (Å²) < 4.78 is 10.9. The highest BCUT2D eigenvalue weighted by Crippen LogP contribution is 2.27. The van der Waals surface area contributed by atoms with E-state index in [4.69, 9.17) is 9.47 Å². The van der Waals surface area contributed by atoms with Gasteiger partial charge < -0.3 is 19.3 Å². The second-order valence-electron chi connectivity index (χ2n) is 6.92. The summed E-state index contributed by atoms with van der Waals surface area (Å²) in [6.45, 7) is 6.74. The van der Waals surface area contributed by atoms with Crippen molar-refractivity contribution >= 4 is 17.9 Å². The predicted molar refractivity (Wildman–Crippen MR) is 109 cm³/mol.